The third kappa shape index (κ3) is 4.41. The Morgan fingerprint density at radius 1 is 1.41 bits per heavy atom. The second-order valence-corrected chi connectivity index (χ2v) is 5.70. The molecule has 1 aromatic carbocycles. The molecule has 0 aromatic heterocycles. The summed E-state index contributed by atoms with van der Waals surface area (Å²) in [6.07, 6.45) is 0.388. The topological polar surface area (TPSA) is 72.2 Å². The lowest BCUT2D eigenvalue weighted by Gasteiger charge is -2.15. The van der Waals surface area contributed by atoms with Crippen molar-refractivity contribution in [3.63, 3.8) is 0 Å². The Labute approximate surface area is 101 Å². The molecular weight excluding hydrogens is 243 g/mol. The van der Waals surface area contributed by atoms with Crippen LogP contribution in [0.5, 0.6) is 0 Å². The van der Waals surface area contributed by atoms with Gasteiger partial charge in [0.15, 0.2) is 0 Å². The van der Waals surface area contributed by atoms with Gasteiger partial charge in [-0.3, -0.25) is 0 Å². The van der Waals surface area contributed by atoms with E-state index >= 15 is 0 Å². The van der Waals surface area contributed by atoms with Crippen LogP contribution in [0, 0.1) is 5.82 Å². The Hall–Kier alpha value is -0.980. The van der Waals surface area contributed by atoms with Gasteiger partial charge in [0.25, 0.3) is 0 Å². The van der Waals surface area contributed by atoms with E-state index in [2.05, 4.69) is 4.72 Å². The van der Waals surface area contributed by atoms with Crippen molar-refractivity contribution < 1.29 is 12.8 Å². The van der Waals surface area contributed by atoms with Gasteiger partial charge in [-0.1, -0.05) is 18.2 Å². The average molecular weight is 260 g/mol. The molecule has 0 fully saturated rings. The monoisotopic (exact) mass is 260 g/mol. The molecule has 0 bridgehead atoms. The quantitative estimate of drug-likeness (QED) is 0.806. The van der Waals surface area contributed by atoms with Gasteiger partial charge in [-0.25, -0.2) is 17.5 Å². The molecule has 0 aliphatic carbocycles. The maximum absolute atomic E-state index is 13.4. The van der Waals surface area contributed by atoms with Gasteiger partial charge < -0.3 is 5.73 Å². The number of benzene rings is 1. The average Bonchev–Trinajstić information content (AvgIpc) is 2.26. The zero-order chi connectivity index (χ0) is 12.9. The number of halogens is 1. The lowest BCUT2D eigenvalue weighted by Crippen LogP contribution is -2.30. The molecule has 0 saturated carbocycles. The molecule has 0 aliphatic heterocycles. The van der Waals surface area contributed by atoms with Crippen molar-refractivity contribution in [2.24, 2.45) is 5.73 Å². The highest BCUT2D eigenvalue weighted by atomic mass is 32.2. The summed E-state index contributed by atoms with van der Waals surface area (Å²) in [5.41, 5.74) is 5.59. The Kier molecular flexibility index (Phi) is 5.04. The normalized spacial score (nSPS) is 13.6. The molecule has 0 spiro atoms. The molecule has 0 amide bonds. The highest BCUT2D eigenvalue weighted by molar-refractivity contribution is 7.89. The Morgan fingerprint density at radius 2 is 2.06 bits per heavy atom. The predicted molar refractivity (Wildman–Crippen MR) is 65.4 cm³/mol. The fraction of sp³-hybridized carbons (Fsp3) is 0.455. The van der Waals surface area contributed by atoms with Gasteiger partial charge in [-0.2, -0.15) is 0 Å². The van der Waals surface area contributed by atoms with E-state index < -0.39 is 21.9 Å². The van der Waals surface area contributed by atoms with Crippen LogP contribution in [-0.4, -0.2) is 20.7 Å². The first kappa shape index (κ1) is 14.1. The SMILES string of the molecule is CC(NS(=O)(=O)CCCN)c1ccccc1F. The standard InChI is InChI=1S/C11H17FN2O2S/c1-9(10-5-2-3-6-11(10)12)14-17(15,16)8-4-7-13/h2-3,5-6,9,14H,4,7-8,13H2,1H3. The summed E-state index contributed by atoms with van der Waals surface area (Å²) >= 11 is 0. The van der Waals surface area contributed by atoms with Crippen LogP contribution in [0.3, 0.4) is 0 Å². The van der Waals surface area contributed by atoms with Gasteiger partial charge in [0.1, 0.15) is 5.82 Å². The van der Waals surface area contributed by atoms with E-state index in [9.17, 15) is 12.8 Å². The third-order valence-electron chi connectivity index (χ3n) is 2.35. The molecule has 0 radical (unpaired) electrons. The molecule has 4 nitrogen and oxygen atoms in total. The highest BCUT2D eigenvalue weighted by Gasteiger charge is 2.17. The van der Waals surface area contributed by atoms with E-state index in [0.717, 1.165) is 0 Å². The maximum atomic E-state index is 13.4. The fourth-order valence-corrected chi connectivity index (χ4v) is 2.82. The van der Waals surface area contributed by atoms with Crippen LogP contribution < -0.4 is 10.5 Å². The molecular formula is C11H17FN2O2S. The van der Waals surface area contributed by atoms with Crippen LogP contribution in [0.4, 0.5) is 4.39 Å². The molecule has 0 heterocycles. The highest BCUT2D eigenvalue weighted by Crippen LogP contribution is 2.16. The van der Waals surface area contributed by atoms with Crippen molar-refractivity contribution in [1.82, 2.24) is 4.72 Å². The van der Waals surface area contributed by atoms with Gasteiger partial charge in [-0.15, -0.1) is 0 Å². The van der Waals surface area contributed by atoms with Gasteiger partial charge in [0, 0.05) is 11.6 Å². The maximum Gasteiger partial charge on any atom is 0.212 e. The number of rotatable bonds is 6. The molecule has 1 aromatic rings. The van der Waals surface area contributed by atoms with Crippen molar-refractivity contribution in [2.45, 2.75) is 19.4 Å². The zero-order valence-corrected chi connectivity index (χ0v) is 10.5. The van der Waals surface area contributed by atoms with Crippen molar-refractivity contribution in [3.05, 3.63) is 35.6 Å². The molecule has 6 heteroatoms. The molecule has 1 rings (SSSR count). The number of nitrogens with two attached hydrogens (primary N) is 1. The van der Waals surface area contributed by atoms with Crippen molar-refractivity contribution >= 4 is 10.0 Å². The smallest absolute Gasteiger partial charge is 0.212 e. The van der Waals surface area contributed by atoms with Crippen LogP contribution in [-0.2, 0) is 10.0 Å². The molecule has 1 atom stereocenters. The summed E-state index contributed by atoms with van der Waals surface area (Å²) in [4.78, 5) is 0. The van der Waals surface area contributed by atoms with Crippen LogP contribution in [0.1, 0.15) is 24.9 Å². The van der Waals surface area contributed by atoms with Crippen LogP contribution in [0.25, 0.3) is 0 Å². The summed E-state index contributed by atoms with van der Waals surface area (Å²) in [6.45, 7) is 1.92. The summed E-state index contributed by atoms with van der Waals surface area (Å²) in [6, 6.07) is 5.52. The summed E-state index contributed by atoms with van der Waals surface area (Å²) in [7, 11) is -3.40. The zero-order valence-electron chi connectivity index (χ0n) is 9.69. The number of sulfonamides is 1. The first-order valence-electron chi connectivity index (χ1n) is 5.41. The molecule has 96 valence electrons. The largest absolute Gasteiger partial charge is 0.330 e. The molecule has 1 unspecified atom stereocenters. The number of hydrogen-bond acceptors (Lipinski definition) is 3. The summed E-state index contributed by atoms with van der Waals surface area (Å²) < 4.78 is 39.0. The van der Waals surface area contributed by atoms with Crippen LogP contribution in [0.15, 0.2) is 24.3 Å². The van der Waals surface area contributed by atoms with E-state index in [1.807, 2.05) is 0 Å². The van der Waals surface area contributed by atoms with Crippen molar-refractivity contribution in [3.8, 4) is 0 Å². The van der Waals surface area contributed by atoms with Crippen molar-refractivity contribution in [1.29, 1.82) is 0 Å². The minimum Gasteiger partial charge on any atom is -0.330 e. The third-order valence-corrected chi connectivity index (χ3v) is 3.88. The van der Waals surface area contributed by atoms with E-state index in [4.69, 9.17) is 5.73 Å². The van der Waals surface area contributed by atoms with E-state index in [1.165, 1.54) is 6.07 Å². The molecule has 0 saturated heterocycles. The van der Waals surface area contributed by atoms with Gasteiger partial charge in [-0.05, 0) is 26.0 Å². The molecule has 3 N–H and O–H groups in total. The minimum atomic E-state index is -3.40. The van der Waals surface area contributed by atoms with Gasteiger partial charge in [0.05, 0.1) is 5.75 Å². The van der Waals surface area contributed by atoms with E-state index in [0.29, 0.717) is 18.5 Å². The number of hydrogen-bond donors (Lipinski definition) is 2. The van der Waals surface area contributed by atoms with Gasteiger partial charge in [0.2, 0.25) is 10.0 Å². The second kappa shape index (κ2) is 6.09. The van der Waals surface area contributed by atoms with Crippen molar-refractivity contribution in [2.75, 3.05) is 12.3 Å². The van der Waals surface area contributed by atoms with E-state index in [1.54, 1.807) is 25.1 Å². The lowest BCUT2D eigenvalue weighted by atomic mass is 10.1. The van der Waals surface area contributed by atoms with Crippen LogP contribution in [0.2, 0.25) is 0 Å². The molecule has 17 heavy (non-hydrogen) atoms. The second-order valence-electron chi connectivity index (χ2n) is 3.82. The molecule has 0 aliphatic rings. The minimum absolute atomic E-state index is 0.0394. The Morgan fingerprint density at radius 3 is 2.65 bits per heavy atom. The summed E-state index contributed by atoms with van der Waals surface area (Å²) in [5, 5.41) is 0. The Bertz CT molecular complexity index is 462. The first-order chi connectivity index (χ1) is 7.96. The summed E-state index contributed by atoms with van der Waals surface area (Å²) in [5.74, 6) is -0.455. The van der Waals surface area contributed by atoms with Gasteiger partial charge >= 0.3 is 0 Å². The number of nitrogens with one attached hydrogen (secondary N) is 1. The fourth-order valence-electron chi connectivity index (χ4n) is 1.49. The first-order valence-corrected chi connectivity index (χ1v) is 7.06. The Balaban J connectivity index is 2.73. The van der Waals surface area contributed by atoms with E-state index in [-0.39, 0.29) is 5.75 Å². The van der Waals surface area contributed by atoms with Crippen LogP contribution >= 0.6 is 0 Å². The lowest BCUT2D eigenvalue weighted by molar-refractivity contribution is 0.548. The predicted octanol–water partition coefficient (Wildman–Crippen LogP) is 1.15.